The molecule has 3 rings (SSSR count). The Labute approximate surface area is 122 Å². The van der Waals surface area contributed by atoms with E-state index in [2.05, 4.69) is 9.97 Å². The molecule has 2 heterocycles. The summed E-state index contributed by atoms with van der Waals surface area (Å²) in [6, 6.07) is 13.5. The predicted molar refractivity (Wildman–Crippen MR) is 80.3 cm³/mol. The molecule has 0 radical (unpaired) electrons. The number of alkyl halides is 1. The second-order valence-corrected chi connectivity index (χ2v) is 4.73. The fraction of sp³-hybridized carbons (Fsp3) is 0.125. The molecule has 0 N–H and O–H groups in total. The molecule has 0 saturated heterocycles. The summed E-state index contributed by atoms with van der Waals surface area (Å²) in [7, 11) is 0. The Balaban J connectivity index is 2.06. The summed E-state index contributed by atoms with van der Waals surface area (Å²) >= 11 is 6.02. The number of rotatable bonds is 3. The van der Waals surface area contributed by atoms with Crippen molar-refractivity contribution < 1.29 is 4.74 Å². The van der Waals surface area contributed by atoms with E-state index in [1.807, 2.05) is 49.4 Å². The van der Waals surface area contributed by atoms with Crippen molar-refractivity contribution in [2.45, 2.75) is 12.8 Å². The highest BCUT2D eigenvalue weighted by atomic mass is 35.5. The maximum atomic E-state index is 6.02. The summed E-state index contributed by atoms with van der Waals surface area (Å²) in [4.78, 5) is 8.71. The van der Waals surface area contributed by atoms with Gasteiger partial charge in [0.2, 0.25) is 5.88 Å². The van der Waals surface area contributed by atoms with Gasteiger partial charge in [0.15, 0.2) is 5.75 Å². The number of nitrogens with zero attached hydrogens (tertiary/aromatic N) is 2. The van der Waals surface area contributed by atoms with Crippen LogP contribution < -0.4 is 4.74 Å². The minimum absolute atomic E-state index is 0.422. The summed E-state index contributed by atoms with van der Waals surface area (Å²) in [5.41, 5.74) is 2.71. The van der Waals surface area contributed by atoms with Crippen molar-refractivity contribution in [3.05, 3.63) is 59.9 Å². The SMILES string of the molecule is Cc1ncccc1Oc1cc(CCl)c2ccccc2n1. The molecule has 0 spiro atoms. The van der Waals surface area contributed by atoms with Crippen LogP contribution in [0.2, 0.25) is 0 Å². The van der Waals surface area contributed by atoms with Crippen LogP contribution in [0, 0.1) is 6.92 Å². The molecule has 1 aromatic carbocycles. The summed E-state index contributed by atoms with van der Waals surface area (Å²) in [5.74, 6) is 1.66. The second kappa shape index (κ2) is 5.47. The van der Waals surface area contributed by atoms with Crippen molar-refractivity contribution in [3.8, 4) is 11.6 Å². The van der Waals surface area contributed by atoms with Crippen molar-refractivity contribution in [1.29, 1.82) is 0 Å². The van der Waals surface area contributed by atoms with Crippen molar-refractivity contribution in [1.82, 2.24) is 9.97 Å². The normalized spacial score (nSPS) is 10.7. The first-order valence-corrected chi connectivity index (χ1v) is 6.85. The predicted octanol–water partition coefficient (Wildman–Crippen LogP) is 4.47. The van der Waals surface area contributed by atoms with Crippen LogP contribution in [-0.4, -0.2) is 9.97 Å². The van der Waals surface area contributed by atoms with Gasteiger partial charge in [-0.3, -0.25) is 4.98 Å². The monoisotopic (exact) mass is 284 g/mol. The molecule has 0 atom stereocenters. The number of fused-ring (bicyclic) bond motifs is 1. The number of para-hydroxylation sites is 1. The highest BCUT2D eigenvalue weighted by Crippen LogP contribution is 2.27. The Morgan fingerprint density at radius 1 is 1.15 bits per heavy atom. The van der Waals surface area contributed by atoms with Crippen LogP contribution in [0.5, 0.6) is 11.6 Å². The zero-order chi connectivity index (χ0) is 13.9. The molecular weight excluding hydrogens is 272 g/mol. The molecule has 0 aliphatic rings. The Hall–Kier alpha value is -2.13. The largest absolute Gasteiger partial charge is 0.437 e. The lowest BCUT2D eigenvalue weighted by Crippen LogP contribution is -1.94. The summed E-state index contributed by atoms with van der Waals surface area (Å²) in [6.45, 7) is 1.90. The highest BCUT2D eigenvalue weighted by molar-refractivity contribution is 6.18. The molecule has 0 bridgehead atoms. The Morgan fingerprint density at radius 2 is 2.00 bits per heavy atom. The lowest BCUT2D eigenvalue weighted by Gasteiger charge is -2.10. The summed E-state index contributed by atoms with van der Waals surface area (Å²) < 4.78 is 5.83. The Morgan fingerprint density at radius 3 is 2.80 bits per heavy atom. The maximum Gasteiger partial charge on any atom is 0.220 e. The van der Waals surface area contributed by atoms with E-state index in [4.69, 9.17) is 16.3 Å². The second-order valence-electron chi connectivity index (χ2n) is 4.46. The molecule has 20 heavy (non-hydrogen) atoms. The molecule has 0 saturated carbocycles. The van der Waals surface area contributed by atoms with E-state index in [-0.39, 0.29) is 0 Å². The molecule has 100 valence electrons. The van der Waals surface area contributed by atoms with E-state index in [1.54, 1.807) is 6.20 Å². The van der Waals surface area contributed by atoms with Gasteiger partial charge in [-0.05, 0) is 30.7 Å². The molecule has 0 amide bonds. The lowest BCUT2D eigenvalue weighted by molar-refractivity contribution is 0.458. The maximum absolute atomic E-state index is 6.02. The van der Waals surface area contributed by atoms with Crippen molar-refractivity contribution in [3.63, 3.8) is 0 Å². The van der Waals surface area contributed by atoms with Gasteiger partial charge < -0.3 is 4.74 Å². The smallest absolute Gasteiger partial charge is 0.220 e. The van der Waals surface area contributed by atoms with E-state index in [1.165, 1.54) is 0 Å². The number of aromatic nitrogens is 2. The number of aryl methyl sites for hydroxylation is 1. The third kappa shape index (κ3) is 2.45. The van der Waals surface area contributed by atoms with Crippen LogP contribution in [0.3, 0.4) is 0 Å². The van der Waals surface area contributed by atoms with Crippen molar-refractivity contribution >= 4 is 22.5 Å². The minimum Gasteiger partial charge on any atom is -0.437 e. The zero-order valence-electron chi connectivity index (χ0n) is 11.0. The molecule has 0 aliphatic carbocycles. The summed E-state index contributed by atoms with van der Waals surface area (Å²) in [5, 5.41) is 1.05. The van der Waals surface area contributed by atoms with Gasteiger partial charge in [-0.1, -0.05) is 18.2 Å². The van der Waals surface area contributed by atoms with Gasteiger partial charge in [0.1, 0.15) is 0 Å². The minimum atomic E-state index is 0.422. The van der Waals surface area contributed by atoms with E-state index >= 15 is 0 Å². The van der Waals surface area contributed by atoms with Crippen molar-refractivity contribution in [2.75, 3.05) is 0 Å². The average molecular weight is 285 g/mol. The molecular formula is C16H13ClN2O. The van der Waals surface area contributed by atoms with Crippen LogP contribution in [0.15, 0.2) is 48.7 Å². The number of hydrogen-bond acceptors (Lipinski definition) is 3. The van der Waals surface area contributed by atoms with E-state index in [0.29, 0.717) is 17.5 Å². The van der Waals surface area contributed by atoms with E-state index in [9.17, 15) is 0 Å². The Bertz CT molecular complexity index is 758. The van der Waals surface area contributed by atoms with Crippen LogP contribution in [0.4, 0.5) is 0 Å². The number of hydrogen-bond donors (Lipinski definition) is 0. The van der Waals surface area contributed by atoms with Gasteiger partial charge in [0, 0.05) is 23.5 Å². The average Bonchev–Trinajstić information content (AvgIpc) is 2.49. The van der Waals surface area contributed by atoms with Crippen LogP contribution in [0.1, 0.15) is 11.3 Å². The van der Waals surface area contributed by atoms with Gasteiger partial charge in [0.25, 0.3) is 0 Å². The number of halogens is 1. The van der Waals surface area contributed by atoms with Gasteiger partial charge in [-0.2, -0.15) is 0 Å². The van der Waals surface area contributed by atoms with Gasteiger partial charge >= 0.3 is 0 Å². The van der Waals surface area contributed by atoms with Gasteiger partial charge in [-0.25, -0.2) is 4.98 Å². The first kappa shape index (κ1) is 12.9. The van der Waals surface area contributed by atoms with Gasteiger partial charge in [0.05, 0.1) is 11.2 Å². The number of pyridine rings is 2. The molecule has 3 aromatic rings. The molecule has 2 aromatic heterocycles. The number of ether oxygens (including phenoxy) is 1. The van der Waals surface area contributed by atoms with Crippen molar-refractivity contribution in [2.24, 2.45) is 0 Å². The highest BCUT2D eigenvalue weighted by Gasteiger charge is 2.08. The molecule has 4 heteroatoms. The van der Waals surface area contributed by atoms with E-state index in [0.717, 1.165) is 22.2 Å². The Kier molecular flexibility index (Phi) is 3.52. The molecule has 3 nitrogen and oxygen atoms in total. The fourth-order valence-electron chi connectivity index (χ4n) is 2.07. The molecule has 0 unspecified atom stereocenters. The standard InChI is InChI=1S/C16H13ClN2O/c1-11-15(7-4-8-18-11)20-16-9-12(10-17)13-5-2-3-6-14(13)19-16/h2-9H,10H2,1H3. The third-order valence-corrected chi connectivity index (χ3v) is 3.38. The first-order chi connectivity index (χ1) is 9.78. The molecule has 0 fully saturated rings. The number of benzene rings is 1. The van der Waals surface area contributed by atoms with Crippen LogP contribution >= 0.6 is 11.6 Å². The molecule has 0 aliphatic heterocycles. The topological polar surface area (TPSA) is 35.0 Å². The van der Waals surface area contributed by atoms with E-state index < -0.39 is 0 Å². The third-order valence-electron chi connectivity index (χ3n) is 3.10. The fourth-order valence-corrected chi connectivity index (χ4v) is 2.29. The first-order valence-electron chi connectivity index (χ1n) is 6.32. The summed E-state index contributed by atoms with van der Waals surface area (Å²) in [6.07, 6.45) is 1.74. The van der Waals surface area contributed by atoms with Crippen LogP contribution in [-0.2, 0) is 5.88 Å². The lowest BCUT2D eigenvalue weighted by atomic mass is 10.1. The zero-order valence-corrected chi connectivity index (χ0v) is 11.8. The van der Waals surface area contributed by atoms with Crippen LogP contribution in [0.25, 0.3) is 10.9 Å². The quantitative estimate of drug-likeness (QED) is 0.666. The van der Waals surface area contributed by atoms with Gasteiger partial charge in [-0.15, -0.1) is 11.6 Å².